The molecule has 1 amide bonds. The number of hydrogen-bond donors (Lipinski definition) is 1. The van der Waals surface area contributed by atoms with Crippen LogP contribution in [-0.4, -0.2) is 69.5 Å². The highest BCUT2D eigenvalue weighted by Crippen LogP contribution is 2.22. The van der Waals surface area contributed by atoms with E-state index in [4.69, 9.17) is 9.47 Å². The molecule has 1 N–H and O–H groups in total. The maximum Gasteiger partial charge on any atom is 0.331 e. The summed E-state index contributed by atoms with van der Waals surface area (Å²) in [4.78, 5) is 30.5. The summed E-state index contributed by atoms with van der Waals surface area (Å²) < 4.78 is 36.9. The average Bonchev–Trinajstić information content (AvgIpc) is 2.92. The second-order valence-corrected chi connectivity index (χ2v) is 7.92. The van der Waals surface area contributed by atoms with Crippen LogP contribution in [0.5, 0.6) is 0 Å². The predicted molar refractivity (Wildman–Crippen MR) is 95.7 cm³/mol. The number of carbonyl (C=O) groups excluding carboxylic acids is 2. The van der Waals surface area contributed by atoms with E-state index in [0.717, 1.165) is 0 Å². The van der Waals surface area contributed by atoms with Crippen molar-refractivity contribution in [3.05, 3.63) is 29.8 Å². The number of nitrogens with zero attached hydrogens (tertiary/aromatic N) is 2. The van der Waals surface area contributed by atoms with Crippen molar-refractivity contribution in [1.29, 1.82) is 0 Å². The number of aliphatic imine (C=N–C) groups is 1. The Morgan fingerprint density at radius 3 is 2.59 bits per heavy atom. The molecule has 2 heterocycles. The molecule has 2 unspecified atom stereocenters. The van der Waals surface area contributed by atoms with Crippen molar-refractivity contribution in [3.63, 3.8) is 0 Å². The Bertz CT molecular complexity index is 876. The lowest BCUT2D eigenvalue weighted by molar-refractivity contribution is -0.161. The van der Waals surface area contributed by atoms with Crippen LogP contribution in [-0.2, 0) is 29.1 Å². The largest absolute Gasteiger partial charge is 0.451 e. The zero-order valence-electron chi connectivity index (χ0n) is 15.0. The number of benzene rings is 1. The van der Waals surface area contributed by atoms with Crippen molar-refractivity contribution in [2.75, 3.05) is 26.3 Å². The van der Waals surface area contributed by atoms with E-state index >= 15 is 0 Å². The Kier molecular flexibility index (Phi) is 5.47. The van der Waals surface area contributed by atoms with Crippen molar-refractivity contribution < 1.29 is 27.5 Å². The van der Waals surface area contributed by atoms with E-state index in [1.807, 2.05) is 0 Å². The molecule has 0 aliphatic carbocycles. The second kappa shape index (κ2) is 7.65. The minimum atomic E-state index is -3.68. The van der Waals surface area contributed by atoms with Crippen molar-refractivity contribution in [2.24, 2.45) is 4.99 Å². The topological polar surface area (TPSA) is 114 Å². The van der Waals surface area contributed by atoms with Gasteiger partial charge in [-0.1, -0.05) is 12.1 Å². The lowest BCUT2D eigenvalue weighted by atomic mass is 10.2. The van der Waals surface area contributed by atoms with Crippen molar-refractivity contribution in [3.8, 4) is 0 Å². The van der Waals surface area contributed by atoms with E-state index in [1.165, 1.54) is 19.9 Å². The third-order valence-corrected chi connectivity index (χ3v) is 5.69. The number of hydrogen-bond acceptors (Lipinski definition) is 7. The zero-order valence-corrected chi connectivity index (χ0v) is 15.9. The molecule has 0 radical (unpaired) electrons. The van der Waals surface area contributed by atoms with Crippen LogP contribution in [0.3, 0.4) is 0 Å². The van der Waals surface area contributed by atoms with Crippen LogP contribution >= 0.6 is 0 Å². The van der Waals surface area contributed by atoms with E-state index in [1.54, 1.807) is 23.1 Å². The molecule has 3 rings (SSSR count). The van der Waals surface area contributed by atoms with Crippen LogP contribution in [0.25, 0.3) is 0 Å². The fraction of sp³-hybridized carbons (Fsp3) is 0.471. The van der Waals surface area contributed by atoms with Crippen LogP contribution in [0.4, 0.5) is 0 Å². The van der Waals surface area contributed by atoms with Crippen molar-refractivity contribution in [2.45, 2.75) is 30.9 Å². The van der Waals surface area contributed by atoms with Crippen LogP contribution in [0.1, 0.15) is 19.4 Å². The summed E-state index contributed by atoms with van der Waals surface area (Å²) in [7, 11) is -3.68. The molecule has 1 aromatic rings. The number of sulfonamides is 1. The smallest absolute Gasteiger partial charge is 0.331 e. The Hall–Kier alpha value is -2.46. The molecule has 10 heteroatoms. The highest BCUT2D eigenvalue weighted by Gasteiger charge is 2.32. The number of morpholine rings is 1. The summed E-state index contributed by atoms with van der Waals surface area (Å²) in [6.45, 7) is 4.81. The fourth-order valence-corrected chi connectivity index (χ4v) is 4.08. The van der Waals surface area contributed by atoms with Gasteiger partial charge in [-0.15, -0.1) is 0 Å². The molecule has 0 spiro atoms. The maximum atomic E-state index is 12.3. The first-order valence-corrected chi connectivity index (χ1v) is 10.0. The lowest BCUT2D eigenvalue weighted by Crippen LogP contribution is -2.46. The molecule has 0 aromatic heterocycles. The van der Waals surface area contributed by atoms with Gasteiger partial charge in [-0.3, -0.25) is 14.5 Å². The number of nitrogens with one attached hydrogen (secondary N) is 1. The molecular formula is C17H21N3O6S. The third kappa shape index (κ3) is 4.11. The van der Waals surface area contributed by atoms with Gasteiger partial charge in [0.1, 0.15) is 11.9 Å². The summed E-state index contributed by atoms with van der Waals surface area (Å²) >= 11 is 0. The number of esters is 1. The van der Waals surface area contributed by atoms with Crippen molar-refractivity contribution >= 4 is 27.7 Å². The Labute approximate surface area is 157 Å². The third-order valence-electron chi connectivity index (χ3n) is 4.29. The van der Waals surface area contributed by atoms with Gasteiger partial charge in [-0.25, -0.2) is 13.2 Å². The van der Waals surface area contributed by atoms with Gasteiger partial charge in [-0.2, -0.15) is 0 Å². The Morgan fingerprint density at radius 2 is 1.89 bits per heavy atom. The highest BCUT2D eigenvalue weighted by atomic mass is 32.2. The van der Waals surface area contributed by atoms with Gasteiger partial charge >= 0.3 is 5.97 Å². The van der Waals surface area contributed by atoms with Crippen molar-refractivity contribution in [1.82, 2.24) is 9.62 Å². The number of fused-ring (bicyclic) bond motifs is 1. The molecule has 146 valence electrons. The summed E-state index contributed by atoms with van der Waals surface area (Å²) in [6.07, 6.45) is -0.953. The summed E-state index contributed by atoms with van der Waals surface area (Å²) in [6, 6.07) is 5.38. The first-order chi connectivity index (χ1) is 12.8. The normalized spacial score (nSPS) is 21.9. The molecule has 1 aromatic carbocycles. The van der Waals surface area contributed by atoms with E-state index in [0.29, 0.717) is 31.9 Å². The number of carbonyl (C=O) groups is 2. The quantitative estimate of drug-likeness (QED) is 0.713. The molecule has 2 atom stereocenters. The van der Waals surface area contributed by atoms with Gasteiger partial charge < -0.3 is 14.4 Å². The van der Waals surface area contributed by atoms with Gasteiger partial charge in [0.05, 0.1) is 18.1 Å². The monoisotopic (exact) mass is 395 g/mol. The minimum Gasteiger partial charge on any atom is -0.451 e. The van der Waals surface area contributed by atoms with Crippen LogP contribution in [0, 0.1) is 0 Å². The van der Waals surface area contributed by atoms with Gasteiger partial charge in [0.2, 0.25) is 0 Å². The van der Waals surface area contributed by atoms with E-state index in [2.05, 4.69) is 9.71 Å². The molecule has 1 saturated heterocycles. The Balaban J connectivity index is 1.67. The van der Waals surface area contributed by atoms with E-state index < -0.39 is 28.1 Å². The summed E-state index contributed by atoms with van der Waals surface area (Å²) in [5.41, 5.74) is 0.398. The molecule has 27 heavy (non-hydrogen) atoms. The number of amides is 1. The zero-order chi connectivity index (χ0) is 19.6. The lowest BCUT2D eigenvalue weighted by Gasteiger charge is -2.29. The Morgan fingerprint density at radius 1 is 1.22 bits per heavy atom. The second-order valence-electron chi connectivity index (χ2n) is 6.27. The van der Waals surface area contributed by atoms with E-state index in [9.17, 15) is 18.0 Å². The number of amidine groups is 1. The summed E-state index contributed by atoms with van der Waals surface area (Å²) in [5.74, 6) is -0.916. The fourth-order valence-electron chi connectivity index (χ4n) is 2.84. The number of ether oxygens (including phenoxy) is 2. The van der Waals surface area contributed by atoms with Crippen LogP contribution in [0.2, 0.25) is 0 Å². The molecule has 2 aliphatic rings. The molecular weight excluding hydrogens is 374 g/mol. The first-order valence-electron chi connectivity index (χ1n) is 8.56. The molecule has 0 saturated carbocycles. The SMILES string of the molecule is CC(N=C1NS(=O)(=O)c2ccccc21)C(=O)OC(C)C(=O)N1CCOCC1. The van der Waals surface area contributed by atoms with Crippen LogP contribution in [0.15, 0.2) is 34.2 Å². The standard InChI is InChI=1S/C17H21N3O6S/c1-11(17(22)26-12(2)16(21)20-7-9-25-10-8-20)18-15-13-5-3-4-6-14(13)27(23,24)19-15/h3-6,11-12H,7-10H2,1-2H3,(H,18,19). The average molecular weight is 395 g/mol. The number of rotatable bonds is 4. The predicted octanol–water partition coefficient (Wildman–Crippen LogP) is -0.0959. The van der Waals surface area contributed by atoms with Gasteiger partial charge in [0.15, 0.2) is 6.10 Å². The molecule has 0 bridgehead atoms. The molecule has 1 fully saturated rings. The summed E-state index contributed by atoms with van der Waals surface area (Å²) in [5, 5.41) is 0. The van der Waals surface area contributed by atoms with E-state index in [-0.39, 0.29) is 16.6 Å². The van der Waals surface area contributed by atoms with Gasteiger partial charge in [0, 0.05) is 18.7 Å². The van der Waals surface area contributed by atoms with Crippen LogP contribution < -0.4 is 4.72 Å². The molecule has 2 aliphatic heterocycles. The maximum absolute atomic E-state index is 12.3. The van der Waals surface area contributed by atoms with Gasteiger partial charge in [0.25, 0.3) is 15.9 Å². The first kappa shape index (κ1) is 19.3. The minimum absolute atomic E-state index is 0.0854. The van der Waals surface area contributed by atoms with Gasteiger partial charge in [-0.05, 0) is 26.0 Å². The molecule has 9 nitrogen and oxygen atoms in total. The highest BCUT2D eigenvalue weighted by molar-refractivity contribution is 7.90.